The fraction of sp³-hybridized carbons (Fsp3) is 0.0800. The number of aryl methyl sites for hydroxylation is 1. The zero-order valence-corrected chi connectivity index (χ0v) is 20.5. The molecule has 3 aromatic heterocycles. The molecule has 0 saturated carbocycles. The normalized spacial score (nSPS) is 10.8. The number of pyridine rings is 1. The number of aromatic nitrogens is 4. The van der Waals surface area contributed by atoms with Crippen LogP contribution in [-0.2, 0) is 6.42 Å². The van der Waals surface area contributed by atoms with E-state index in [-0.39, 0.29) is 0 Å². The van der Waals surface area contributed by atoms with Crippen LogP contribution >= 0.6 is 34.5 Å². The minimum absolute atomic E-state index is 0.382. The Hall–Kier alpha value is -3.77. The number of rotatable bonds is 6. The lowest BCUT2D eigenvalue weighted by Crippen LogP contribution is -1.92. The second-order valence-electron chi connectivity index (χ2n) is 7.51. The number of nitriles is 1. The molecular weight excluding hydrogens is 505 g/mol. The first kappa shape index (κ1) is 23.0. The van der Waals surface area contributed by atoms with Crippen molar-refractivity contribution in [2.75, 3.05) is 0 Å². The molecule has 0 N–H and O–H groups in total. The van der Waals surface area contributed by atoms with Gasteiger partial charge in [0.1, 0.15) is 21.4 Å². The minimum Gasteiger partial charge on any atom is -0.456 e. The van der Waals surface area contributed by atoms with E-state index in [2.05, 4.69) is 26.2 Å². The average Bonchev–Trinajstić information content (AvgIpc) is 3.47. The maximum Gasteiger partial charge on any atom is 0.259 e. The number of benzene rings is 2. The van der Waals surface area contributed by atoms with Gasteiger partial charge >= 0.3 is 0 Å². The Labute approximate surface area is 214 Å². The molecule has 172 valence electrons. The van der Waals surface area contributed by atoms with E-state index in [1.807, 2.05) is 25.1 Å². The molecule has 5 aromatic rings. The molecule has 0 atom stereocenters. The van der Waals surface area contributed by atoms with Crippen molar-refractivity contribution in [1.82, 2.24) is 20.2 Å². The predicted molar refractivity (Wildman–Crippen MR) is 134 cm³/mol. The summed E-state index contributed by atoms with van der Waals surface area (Å²) in [5, 5.41) is 19.2. The molecule has 5 rings (SSSR count). The maximum absolute atomic E-state index is 9.16. The van der Waals surface area contributed by atoms with Crippen LogP contribution in [0.2, 0.25) is 10.0 Å². The van der Waals surface area contributed by atoms with E-state index in [1.165, 1.54) is 11.3 Å². The van der Waals surface area contributed by atoms with Crippen LogP contribution in [0.3, 0.4) is 0 Å². The van der Waals surface area contributed by atoms with Gasteiger partial charge in [-0.25, -0.2) is 4.98 Å². The molecule has 0 radical (unpaired) electrons. The third-order valence-corrected chi connectivity index (χ3v) is 6.67. The van der Waals surface area contributed by atoms with Crippen molar-refractivity contribution in [2.45, 2.75) is 13.3 Å². The topological polar surface area (TPSA) is 97.7 Å². The van der Waals surface area contributed by atoms with E-state index >= 15 is 0 Å². The van der Waals surface area contributed by atoms with Crippen LogP contribution in [0.15, 0.2) is 65.3 Å². The fourth-order valence-electron chi connectivity index (χ4n) is 3.35. The number of ether oxygens (including phenoxy) is 1. The molecule has 0 aliphatic carbocycles. The van der Waals surface area contributed by atoms with Crippen molar-refractivity contribution in [3.63, 3.8) is 0 Å². The van der Waals surface area contributed by atoms with Crippen molar-refractivity contribution >= 4 is 34.5 Å². The summed E-state index contributed by atoms with van der Waals surface area (Å²) in [6, 6.07) is 16.0. The lowest BCUT2D eigenvalue weighted by atomic mass is 10.1. The van der Waals surface area contributed by atoms with E-state index in [1.54, 1.807) is 42.7 Å². The molecule has 0 bridgehead atoms. The fourth-order valence-corrected chi connectivity index (χ4v) is 4.71. The first-order chi connectivity index (χ1) is 17.0. The summed E-state index contributed by atoms with van der Waals surface area (Å²) in [4.78, 5) is 9.59. The zero-order chi connectivity index (χ0) is 24.4. The smallest absolute Gasteiger partial charge is 0.259 e. The average molecular weight is 520 g/mol. The molecule has 10 heteroatoms. The summed E-state index contributed by atoms with van der Waals surface area (Å²) in [6.45, 7) is 1.91. The highest BCUT2D eigenvalue weighted by Gasteiger charge is 2.18. The lowest BCUT2D eigenvalue weighted by molar-refractivity contribution is 0.481. The van der Waals surface area contributed by atoms with Gasteiger partial charge in [0, 0.05) is 23.0 Å². The third-order valence-electron chi connectivity index (χ3n) is 4.95. The van der Waals surface area contributed by atoms with Gasteiger partial charge in [0.2, 0.25) is 5.89 Å². The molecule has 35 heavy (non-hydrogen) atoms. The first-order valence-electron chi connectivity index (χ1n) is 10.4. The van der Waals surface area contributed by atoms with Gasteiger partial charge in [-0.05, 0) is 55.0 Å². The largest absolute Gasteiger partial charge is 0.456 e. The van der Waals surface area contributed by atoms with E-state index in [0.717, 1.165) is 26.7 Å². The minimum atomic E-state index is 0.382. The highest BCUT2D eigenvalue weighted by atomic mass is 35.5. The summed E-state index contributed by atoms with van der Waals surface area (Å²) in [5.74, 6) is 1.70. The van der Waals surface area contributed by atoms with Gasteiger partial charge < -0.3 is 9.15 Å². The molecule has 0 spiro atoms. The van der Waals surface area contributed by atoms with E-state index < -0.39 is 0 Å². The number of nitrogens with zero attached hydrogens (tertiary/aromatic N) is 5. The molecule has 0 fully saturated rings. The molecule has 0 aliphatic rings. The van der Waals surface area contributed by atoms with E-state index in [4.69, 9.17) is 37.6 Å². The summed E-state index contributed by atoms with van der Waals surface area (Å²) in [7, 11) is 0. The van der Waals surface area contributed by atoms with Crippen molar-refractivity contribution in [3.05, 3.63) is 93.7 Å². The van der Waals surface area contributed by atoms with Crippen molar-refractivity contribution in [2.24, 2.45) is 0 Å². The van der Waals surface area contributed by atoms with Crippen LogP contribution in [0.4, 0.5) is 0 Å². The van der Waals surface area contributed by atoms with Crippen LogP contribution in [-0.4, -0.2) is 20.2 Å². The van der Waals surface area contributed by atoms with Crippen LogP contribution in [0.5, 0.6) is 11.5 Å². The highest BCUT2D eigenvalue weighted by Crippen LogP contribution is 2.35. The number of hydrogen-bond donors (Lipinski definition) is 0. The van der Waals surface area contributed by atoms with E-state index in [9.17, 15) is 0 Å². The van der Waals surface area contributed by atoms with Gasteiger partial charge in [-0.3, -0.25) is 4.98 Å². The van der Waals surface area contributed by atoms with Gasteiger partial charge in [0.25, 0.3) is 5.89 Å². The summed E-state index contributed by atoms with van der Waals surface area (Å²) >= 11 is 13.9. The summed E-state index contributed by atoms with van der Waals surface area (Å²) in [6.07, 6.45) is 3.87. The lowest BCUT2D eigenvalue weighted by Gasteiger charge is -2.10. The third kappa shape index (κ3) is 5.17. The van der Waals surface area contributed by atoms with Crippen molar-refractivity contribution < 1.29 is 9.15 Å². The number of hydrogen-bond acceptors (Lipinski definition) is 8. The SMILES string of the molecule is Cc1nc(-c2cccnc2)sc1-c1nnc(Cc2ccc(Cl)c(Oc3cc(Cl)cc(C#N)c3)c2)o1. The Morgan fingerprint density at radius 1 is 1.11 bits per heavy atom. The molecule has 7 nitrogen and oxygen atoms in total. The van der Waals surface area contributed by atoms with Crippen LogP contribution in [0, 0.1) is 18.3 Å². The Bertz CT molecular complexity index is 1560. The highest BCUT2D eigenvalue weighted by molar-refractivity contribution is 7.18. The van der Waals surface area contributed by atoms with Crippen molar-refractivity contribution in [1.29, 1.82) is 5.26 Å². The second kappa shape index (κ2) is 9.84. The quantitative estimate of drug-likeness (QED) is 0.235. The second-order valence-corrected chi connectivity index (χ2v) is 9.35. The Morgan fingerprint density at radius 3 is 2.80 bits per heavy atom. The van der Waals surface area contributed by atoms with Gasteiger partial charge in [-0.15, -0.1) is 21.5 Å². The Morgan fingerprint density at radius 2 is 2.00 bits per heavy atom. The Kier molecular flexibility index (Phi) is 6.47. The summed E-state index contributed by atoms with van der Waals surface area (Å²) < 4.78 is 11.8. The van der Waals surface area contributed by atoms with Gasteiger partial charge in [0.15, 0.2) is 0 Å². The maximum atomic E-state index is 9.16. The van der Waals surface area contributed by atoms with Gasteiger partial charge in [-0.1, -0.05) is 29.3 Å². The van der Waals surface area contributed by atoms with Crippen LogP contribution < -0.4 is 4.74 Å². The number of thiazole rings is 1. The summed E-state index contributed by atoms with van der Waals surface area (Å²) in [5.41, 5.74) is 2.99. The molecule has 2 aromatic carbocycles. The standard InChI is InChI=1S/C25H15Cl2N5O2S/c1-14-23(35-25(30-14)17-3-2-6-29-13-17)24-32-31-22(34-24)10-15-4-5-20(27)21(9-15)33-19-8-16(12-28)7-18(26)11-19/h2-9,11,13H,10H2,1H3. The predicted octanol–water partition coefficient (Wildman–Crippen LogP) is 7.13. The van der Waals surface area contributed by atoms with Crippen molar-refractivity contribution in [3.8, 4) is 38.9 Å². The van der Waals surface area contributed by atoms with E-state index in [0.29, 0.717) is 45.3 Å². The molecule has 0 saturated heterocycles. The zero-order valence-electron chi connectivity index (χ0n) is 18.2. The molecule has 3 heterocycles. The van der Waals surface area contributed by atoms with Gasteiger partial charge in [-0.2, -0.15) is 5.26 Å². The Balaban J connectivity index is 1.36. The molecule has 0 amide bonds. The molecule has 0 aliphatic heterocycles. The first-order valence-corrected chi connectivity index (χ1v) is 11.9. The monoisotopic (exact) mass is 519 g/mol. The number of halogens is 2. The van der Waals surface area contributed by atoms with Crippen LogP contribution in [0.25, 0.3) is 21.3 Å². The molecule has 0 unspecified atom stereocenters. The van der Waals surface area contributed by atoms with Crippen LogP contribution in [0.1, 0.15) is 22.7 Å². The molecular formula is C25H15Cl2N5O2S. The van der Waals surface area contributed by atoms with Gasteiger partial charge in [0.05, 0.1) is 28.8 Å².